The highest BCUT2D eigenvalue weighted by molar-refractivity contribution is 6.33. The van der Waals surface area contributed by atoms with Crippen LogP contribution in [0.3, 0.4) is 0 Å². The van der Waals surface area contributed by atoms with Gasteiger partial charge in [-0.15, -0.1) is 11.6 Å². The highest BCUT2D eigenvalue weighted by Gasteiger charge is 2.19. The number of carbonyl (C=O) groups excluding carboxylic acids is 1. The Morgan fingerprint density at radius 1 is 1.41 bits per heavy atom. The first-order chi connectivity index (χ1) is 7.88. The minimum Gasteiger partial charge on any atom is -0.348 e. The average molecular weight is 256 g/mol. The van der Waals surface area contributed by atoms with E-state index in [0.29, 0.717) is 5.92 Å². The third-order valence-corrected chi connectivity index (χ3v) is 3.59. The Bertz CT molecular complexity index is 407. The van der Waals surface area contributed by atoms with Gasteiger partial charge in [0, 0.05) is 23.5 Å². The molecule has 0 aliphatic heterocycles. The number of alkyl halides is 1. The molecule has 0 aliphatic carbocycles. The molecule has 0 aliphatic rings. The minimum atomic E-state index is -0.451. The normalized spacial score (nSPS) is 14.7. The summed E-state index contributed by atoms with van der Waals surface area (Å²) in [6.45, 7) is 11.2. The molecule has 17 heavy (non-hydrogen) atoms. The van der Waals surface area contributed by atoms with E-state index in [1.165, 1.54) is 0 Å². The first kappa shape index (κ1) is 14.3. The van der Waals surface area contributed by atoms with Gasteiger partial charge in [0.05, 0.1) is 5.38 Å². The smallest absolute Gasteiger partial charge is 0.182 e. The third-order valence-electron chi connectivity index (χ3n) is 3.39. The predicted octanol–water partition coefficient (Wildman–Crippen LogP) is 3.96. The fourth-order valence-electron chi connectivity index (χ4n) is 1.99. The monoisotopic (exact) mass is 255 g/mol. The van der Waals surface area contributed by atoms with Crippen LogP contribution in [0.1, 0.15) is 48.9 Å². The lowest BCUT2D eigenvalue weighted by Crippen LogP contribution is -2.13. The summed E-state index contributed by atoms with van der Waals surface area (Å²) in [7, 11) is 0. The first-order valence-corrected chi connectivity index (χ1v) is 6.67. The number of aromatic nitrogens is 1. The third kappa shape index (κ3) is 3.12. The van der Waals surface area contributed by atoms with Gasteiger partial charge in [-0.2, -0.15) is 0 Å². The minimum absolute atomic E-state index is 0.0233. The number of rotatable bonds is 5. The summed E-state index contributed by atoms with van der Waals surface area (Å²) in [5.41, 5.74) is 2.96. The molecule has 0 amide bonds. The SMILES string of the molecule is CCC(C)Cn1c(C)cc(C(=O)C(C)Cl)c1C. The Labute approximate surface area is 109 Å². The number of hydrogen-bond donors (Lipinski definition) is 0. The van der Waals surface area contributed by atoms with Gasteiger partial charge in [-0.25, -0.2) is 0 Å². The molecule has 0 spiro atoms. The molecule has 2 atom stereocenters. The maximum atomic E-state index is 11.9. The van der Waals surface area contributed by atoms with Crippen molar-refractivity contribution in [1.82, 2.24) is 4.57 Å². The summed E-state index contributed by atoms with van der Waals surface area (Å²) in [6, 6.07) is 1.96. The van der Waals surface area contributed by atoms with Crippen LogP contribution in [0.25, 0.3) is 0 Å². The molecule has 1 heterocycles. The van der Waals surface area contributed by atoms with E-state index < -0.39 is 5.38 Å². The number of halogens is 1. The van der Waals surface area contributed by atoms with E-state index in [4.69, 9.17) is 11.6 Å². The fraction of sp³-hybridized carbons (Fsp3) is 0.643. The van der Waals surface area contributed by atoms with E-state index in [1.807, 2.05) is 19.9 Å². The lowest BCUT2D eigenvalue weighted by atomic mass is 10.1. The molecular weight excluding hydrogens is 234 g/mol. The zero-order valence-electron chi connectivity index (χ0n) is 11.4. The molecule has 0 bridgehead atoms. The molecule has 1 rings (SSSR count). The van der Waals surface area contributed by atoms with Gasteiger partial charge in [-0.1, -0.05) is 20.3 Å². The molecule has 0 saturated carbocycles. The van der Waals surface area contributed by atoms with E-state index in [9.17, 15) is 4.79 Å². The molecule has 1 aromatic heterocycles. The quantitative estimate of drug-likeness (QED) is 0.577. The van der Waals surface area contributed by atoms with Crippen LogP contribution in [0.15, 0.2) is 6.07 Å². The first-order valence-electron chi connectivity index (χ1n) is 6.23. The van der Waals surface area contributed by atoms with Gasteiger partial charge in [-0.05, 0) is 32.8 Å². The molecule has 0 N–H and O–H groups in total. The second-order valence-corrected chi connectivity index (χ2v) is 5.54. The molecule has 96 valence electrons. The van der Waals surface area contributed by atoms with Crippen molar-refractivity contribution < 1.29 is 4.79 Å². The van der Waals surface area contributed by atoms with Crippen LogP contribution >= 0.6 is 11.6 Å². The zero-order valence-corrected chi connectivity index (χ0v) is 12.1. The van der Waals surface area contributed by atoms with Crippen LogP contribution in [0.5, 0.6) is 0 Å². The molecule has 2 unspecified atom stereocenters. The van der Waals surface area contributed by atoms with Gasteiger partial charge in [0.25, 0.3) is 0 Å². The molecule has 0 fully saturated rings. The Morgan fingerprint density at radius 3 is 2.47 bits per heavy atom. The lowest BCUT2D eigenvalue weighted by Gasteiger charge is -2.14. The van der Waals surface area contributed by atoms with Crippen LogP contribution in [0.4, 0.5) is 0 Å². The number of aryl methyl sites for hydroxylation is 1. The summed E-state index contributed by atoms with van der Waals surface area (Å²) in [4.78, 5) is 11.9. The standard InChI is InChI=1S/C14H22ClNO/c1-6-9(2)8-16-10(3)7-13(12(16)5)14(17)11(4)15/h7,9,11H,6,8H2,1-5H3. The van der Waals surface area contributed by atoms with E-state index >= 15 is 0 Å². The molecule has 3 heteroatoms. The van der Waals surface area contributed by atoms with Crippen LogP contribution < -0.4 is 0 Å². The van der Waals surface area contributed by atoms with Crippen LogP contribution in [-0.4, -0.2) is 15.7 Å². The second-order valence-electron chi connectivity index (χ2n) is 4.89. The summed E-state index contributed by atoms with van der Waals surface area (Å²) in [5, 5.41) is -0.451. The van der Waals surface area contributed by atoms with Crippen molar-refractivity contribution in [2.45, 2.75) is 53.0 Å². The van der Waals surface area contributed by atoms with Gasteiger partial charge in [0.1, 0.15) is 0 Å². The number of hydrogen-bond acceptors (Lipinski definition) is 1. The molecule has 0 radical (unpaired) electrons. The number of nitrogens with zero attached hydrogens (tertiary/aromatic N) is 1. The van der Waals surface area contributed by atoms with Gasteiger partial charge >= 0.3 is 0 Å². The van der Waals surface area contributed by atoms with E-state index in [2.05, 4.69) is 18.4 Å². The Kier molecular flexibility index (Phi) is 4.81. The highest BCUT2D eigenvalue weighted by atomic mass is 35.5. The summed E-state index contributed by atoms with van der Waals surface area (Å²) in [5.74, 6) is 0.645. The summed E-state index contributed by atoms with van der Waals surface area (Å²) < 4.78 is 2.22. The number of ketones is 1. The van der Waals surface area contributed by atoms with Gasteiger partial charge in [0.2, 0.25) is 0 Å². The summed E-state index contributed by atoms with van der Waals surface area (Å²) in [6.07, 6.45) is 1.15. The average Bonchev–Trinajstić information content (AvgIpc) is 2.55. The topological polar surface area (TPSA) is 22.0 Å². The maximum absolute atomic E-state index is 11.9. The maximum Gasteiger partial charge on any atom is 0.182 e. The molecule has 2 nitrogen and oxygen atoms in total. The number of carbonyl (C=O) groups is 1. The van der Waals surface area contributed by atoms with Crippen molar-refractivity contribution >= 4 is 17.4 Å². The number of Topliss-reactive ketones (excluding diaryl/α,β-unsaturated/α-hetero) is 1. The molecule has 0 saturated heterocycles. The van der Waals surface area contributed by atoms with Gasteiger partial charge in [-0.3, -0.25) is 4.79 Å². The lowest BCUT2D eigenvalue weighted by molar-refractivity contribution is 0.0991. The Balaban J connectivity index is 3.06. The zero-order chi connectivity index (χ0) is 13.2. The predicted molar refractivity (Wildman–Crippen MR) is 73.0 cm³/mol. The van der Waals surface area contributed by atoms with Crippen molar-refractivity contribution in [3.63, 3.8) is 0 Å². The van der Waals surface area contributed by atoms with E-state index in [-0.39, 0.29) is 5.78 Å². The van der Waals surface area contributed by atoms with E-state index in [0.717, 1.165) is 29.9 Å². The van der Waals surface area contributed by atoms with Crippen LogP contribution in [-0.2, 0) is 6.54 Å². The van der Waals surface area contributed by atoms with Crippen LogP contribution in [0, 0.1) is 19.8 Å². The fourth-order valence-corrected chi connectivity index (χ4v) is 2.10. The van der Waals surface area contributed by atoms with Crippen molar-refractivity contribution in [2.24, 2.45) is 5.92 Å². The van der Waals surface area contributed by atoms with Crippen molar-refractivity contribution in [3.8, 4) is 0 Å². The van der Waals surface area contributed by atoms with Crippen LogP contribution in [0.2, 0.25) is 0 Å². The Morgan fingerprint density at radius 2 is 2.00 bits per heavy atom. The molecular formula is C14H22ClNO. The second kappa shape index (κ2) is 5.72. The largest absolute Gasteiger partial charge is 0.348 e. The van der Waals surface area contributed by atoms with E-state index in [1.54, 1.807) is 6.92 Å². The van der Waals surface area contributed by atoms with Gasteiger partial charge < -0.3 is 4.57 Å². The molecule has 1 aromatic rings. The van der Waals surface area contributed by atoms with Crippen molar-refractivity contribution in [3.05, 3.63) is 23.0 Å². The Hall–Kier alpha value is -0.760. The summed E-state index contributed by atoms with van der Waals surface area (Å²) >= 11 is 5.87. The molecule has 0 aromatic carbocycles. The van der Waals surface area contributed by atoms with Crippen molar-refractivity contribution in [2.75, 3.05) is 0 Å². The van der Waals surface area contributed by atoms with Crippen molar-refractivity contribution in [1.29, 1.82) is 0 Å². The highest BCUT2D eigenvalue weighted by Crippen LogP contribution is 2.20. The van der Waals surface area contributed by atoms with Gasteiger partial charge in [0.15, 0.2) is 5.78 Å².